The van der Waals surface area contributed by atoms with Gasteiger partial charge in [-0.15, -0.1) is 0 Å². The molecule has 4 nitrogen and oxygen atoms in total. The van der Waals surface area contributed by atoms with Gasteiger partial charge in [0.1, 0.15) is 5.15 Å². The lowest BCUT2D eigenvalue weighted by Gasteiger charge is -2.18. The number of hydrogen-bond acceptors (Lipinski definition) is 2. The normalized spacial score (nSPS) is 10.7. The van der Waals surface area contributed by atoms with Gasteiger partial charge < -0.3 is 4.90 Å². The quantitative estimate of drug-likeness (QED) is 0.606. The van der Waals surface area contributed by atoms with E-state index < -0.39 is 0 Å². The number of para-hydroxylation sites is 1. The summed E-state index contributed by atoms with van der Waals surface area (Å²) in [6, 6.07) is 17.4. The monoisotopic (exact) mass is 417 g/mol. The second kappa shape index (κ2) is 7.42. The van der Waals surface area contributed by atoms with Gasteiger partial charge in [0.15, 0.2) is 0 Å². The highest BCUT2D eigenvalue weighted by atomic mass is 79.9. The molecule has 1 heterocycles. The van der Waals surface area contributed by atoms with Crippen molar-refractivity contribution in [2.24, 2.45) is 0 Å². The van der Waals surface area contributed by atoms with Gasteiger partial charge in [0, 0.05) is 18.1 Å². The summed E-state index contributed by atoms with van der Waals surface area (Å²) < 4.78 is 2.56. The molecule has 0 aliphatic carbocycles. The molecule has 6 heteroatoms. The van der Waals surface area contributed by atoms with E-state index in [1.54, 1.807) is 23.6 Å². The first kappa shape index (κ1) is 17.7. The van der Waals surface area contributed by atoms with Crippen molar-refractivity contribution in [3.63, 3.8) is 0 Å². The number of nitrogens with zero attached hydrogens (tertiary/aromatic N) is 3. The molecule has 0 spiro atoms. The lowest BCUT2D eigenvalue weighted by atomic mass is 10.2. The van der Waals surface area contributed by atoms with Gasteiger partial charge in [0.05, 0.1) is 16.9 Å². The van der Waals surface area contributed by atoms with E-state index in [9.17, 15) is 4.79 Å². The van der Waals surface area contributed by atoms with Crippen LogP contribution in [0.5, 0.6) is 0 Å². The maximum absolute atomic E-state index is 12.9. The molecule has 0 unspecified atom stereocenters. The zero-order chi connectivity index (χ0) is 18.0. The minimum atomic E-state index is -0.152. The van der Waals surface area contributed by atoms with Gasteiger partial charge >= 0.3 is 0 Å². The van der Waals surface area contributed by atoms with Crippen molar-refractivity contribution in [1.82, 2.24) is 14.7 Å². The van der Waals surface area contributed by atoms with Crippen LogP contribution in [0.25, 0.3) is 5.69 Å². The van der Waals surface area contributed by atoms with Crippen LogP contribution < -0.4 is 0 Å². The summed E-state index contributed by atoms with van der Waals surface area (Å²) in [5.41, 5.74) is 2.89. The van der Waals surface area contributed by atoms with Crippen LogP contribution in [-0.2, 0) is 6.54 Å². The number of aromatic nitrogens is 2. The Morgan fingerprint density at radius 2 is 1.80 bits per heavy atom. The molecule has 25 heavy (non-hydrogen) atoms. The van der Waals surface area contributed by atoms with Crippen molar-refractivity contribution in [2.75, 3.05) is 7.05 Å². The van der Waals surface area contributed by atoms with Crippen molar-refractivity contribution < 1.29 is 4.79 Å². The molecule has 1 amide bonds. The van der Waals surface area contributed by atoms with E-state index in [0.29, 0.717) is 23.0 Å². The fraction of sp³-hybridized carbons (Fsp3) is 0.158. The first-order chi connectivity index (χ1) is 12.0. The zero-order valence-corrected chi connectivity index (χ0v) is 16.3. The van der Waals surface area contributed by atoms with Crippen LogP contribution in [0, 0.1) is 6.92 Å². The molecule has 2 aromatic carbocycles. The summed E-state index contributed by atoms with van der Waals surface area (Å²) in [5.74, 6) is -0.152. The number of rotatable bonds is 4. The summed E-state index contributed by atoms with van der Waals surface area (Å²) in [7, 11) is 1.76. The smallest absolute Gasteiger partial charge is 0.258 e. The molecule has 3 rings (SSSR count). The Morgan fingerprint density at radius 3 is 2.48 bits per heavy atom. The summed E-state index contributed by atoms with van der Waals surface area (Å²) in [4.78, 5) is 14.6. The summed E-state index contributed by atoms with van der Waals surface area (Å²) in [6.45, 7) is 2.28. The van der Waals surface area contributed by atoms with E-state index >= 15 is 0 Å². The maximum atomic E-state index is 12.9. The average Bonchev–Trinajstić information content (AvgIpc) is 2.91. The topological polar surface area (TPSA) is 38.1 Å². The summed E-state index contributed by atoms with van der Waals surface area (Å²) in [5, 5.41) is 4.76. The van der Waals surface area contributed by atoms with E-state index in [1.165, 1.54) is 0 Å². The van der Waals surface area contributed by atoms with Crippen molar-refractivity contribution in [2.45, 2.75) is 13.5 Å². The predicted molar refractivity (Wildman–Crippen MR) is 103 cm³/mol. The van der Waals surface area contributed by atoms with Gasteiger partial charge in [-0.25, -0.2) is 4.68 Å². The van der Waals surface area contributed by atoms with Crippen LogP contribution in [0.15, 0.2) is 59.1 Å². The molecule has 0 N–H and O–H groups in total. The zero-order valence-electron chi connectivity index (χ0n) is 13.9. The molecule has 0 saturated carbocycles. The fourth-order valence-electron chi connectivity index (χ4n) is 2.63. The first-order valence-electron chi connectivity index (χ1n) is 7.78. The van der Waals surface area contributed by atoms with E-state index in [1.807, 2.05) is 54.6 Å². The lowest BCUT2D eigenvalue weighted by molar-refractivity contribution is 0.0784. The number of aryl methyl sites for hydroxylation is 1. The number of halogens is 2. The molecule has 0 radical (unpaired) electrons. The second-order valence-electron chi connectivity index (χ2n) is 5.75. The van der Waals surface area contributed by atoms with Gasteiger partial charge in [-0.05, 0) is 30.7 Å². The fourth-order valence-corrected chi connectivity index (χ4v) is 3.39. The molecule has 0 bridgehead atoms. The Balaban J connectivity index is 1.90. The van der Waals surface area contributed by atoms with Crippen molar-refractivity contribution >= 4 is 33.4 Å². The van der Waals surface area contributed by atoms with Crippen molar-refractivity contribution in [3.8, 4) is 5.69 Å². The number of hydrogen-bond donors (Lipinski definition) is 0. The largest absolute Gasteiger partial charge is 0.337 e. The van der Waals surface area contributed by atoms with Gasteiger partial charge in [0.2, 0.25) is 0 Å². The predicted octanol–water partition coefficient (Wildman–Crippen LogP) is 4.87. The van der Waals surface area contributed by atoms with Crippen LogP contribution in [-0.4, -0.2) is 27.6 Å². The molecule has 0 saturated heterocycles. The van der Waals surface area contributed by atoms with Crippen LogP contribution in [0.3, 0.4) is 0 Å². The molecule has 128 valence electrons. The Hall–Kier alpha value is -2.11. The highest BCUT2D eigenvalue weighted by Crippen LogP contribution is 2.26. The number of benzene rings is 2. The van der Waals surface area contributed by atoms with E-state index in [4.69, 9.17) is 11.6 Å². The Labute approximate surface area is 160 Å². The molecule has 1 aromatic heterocycles. The lowest BCUT2D eigenvalue weighted by Crippen LogP contribution is -2.27. The van der Waals surface area contributed by atoms with Gasteiger partial charge in [0.25, 0.3) is 5.91 Å². The van der Waals surface area contributed by atoms with Crippen LogP contribution in [0.4, 0.5) is 0 Å². The molecular weight excluding hydrogens is 402 g/mol. The molecule has 0 fully saturated rings. The standard InChI is InChI=1S/C19H17BrClN3O/c1-13-17(18(21)24(22-13)15-9-4-3-5-10-15)19(25)23(2)12-14-8-6-7-11-16(14)20/h3-11H,12H2,1-2H3. The van der Waals surface area contributed by atoms with Crippen LogP contribution in [0.2, 0.25) is 5.15 Å². The van der Waals surface area contributed by atoms with E-state index in [2.05, 4.69) is 21.0 Å². The second-order valence-corrected chi connectivity index (χ2v) is 6.96. The molecule has 3 aromatic rings. The minimum Gasteiger partial charge on any atom is -0.337 e. The van der Waals surface area contributed by atoms with Crippen molar-refractivity contribution in [1.29, 1.82) is 0 Å². The highest BCUT2D eigenvalue weighted by Gasteiger charge is 2.24. The SMILES string of the molecule is Cc1nn(-c2ccccc2)c(Cl)c1C(=O)N(C)Cc1ccccc1Br. The van der Waals surface area contributed by atoms with Gasteiger partial charge in [-0.3, -0.25) is 4.79 Å². The van der Waals surface area contributed by atoms with E-state index in [-0.39, 0.29) is 5.91 Å². The third kappa shape index (κ3) is 3.62. The average molecular weight is 419 g/mol. The minimum absolute atomic E-state index is 0.152. The third-order valence-corrected chi connectivity index (χ3v) is 5.05. The van der Waals surface area contributed by atoms with Crippen molar-refractivity contribution in [3.05, 3.63) is 81.0 Å². The molecule has 0 aliphatic heterocycles. The molecule has 0 atom stereocenters. The number of carbonyl (C=O) groups is 1. The molecule has 0 aliphatic rings. The molecular formula is C19H17BrClN3O. The van der Waals surface area contributed by atoms with Gasteiger partial charge in [-0.1, -0.05) is 63.9 Å². The maximum Gasteiger partial charge on any atom is 0.258 e. The Kier molecular flexibility index (Phi) is 5.25. The first-order valence-corrected chi connectivity index (χ1v) is 8.95. The summed E-state index contributed by atoms with van der Waals surface area (Å²) in [6.07, 6.45) is 0. The summed E-state index contributed by atoms with van der Waals surface area (Å²) >= 11 is 9.99. The third-order valence-electron chi connectivity index (χ3n) is 3.93. The van der Waals surface area contributed by atoms with Crippen LogP contribution >= 0.6 is 27.5 Å². The number of amides is 1. The highest BCUT2D eigenvalue weighted by molar-refractivity contribution is 9.10. The number of carbonyl (C=O) groups excluding carboxylic acids is 1. The van der Waals surface area contributed by atoms with Gasteiger partial charge in [-0.2, -0.15) is 5.10 Å². The Morgan fingerprint density at radius 1 is 1.16 bits per heavy atom. The Bertz CT molecular complexity index is 908. The van der Waals surface area contributed by atoms with Crippen LogP contribution in [0.1, 0.15) is 21.6 Å². The van der Waals surface area contributed by atoms with E-state index in [0.717, 1.165) is 15.7 Å².